The molecule has 78 valence electrons. The summed E-state index contributed by atoms with van der Waals surface area (Å²) in [7, 11) is 0. The standard InChI is InChI=1S/C9H14N2O3/c1-3-11-5-7(9(12)13)10-8(11)6-14-4-2/h5H,3-4,6H2,1-2H3,(H,12,13). The van der Waals surface area contributed by atoms with E-state index in [4.69, 9.17) is 9.84 Å². The number of aromatic nitrogens is 2. The van der Waals surface area contributed by atoms with Gasteiger partial charge in [0.25, 0.3) is 0 Å². The lowest BCUT2D eigenvalue weighted by atomic mass is 10.5. The Labute approximate surface area is 82.3 Å². The molecule has 0 atom stereocenters. The lowest BCUT2D eigenvalue weighted by Crippen LogP contribution is -2.03. The minimum Gasteiger partial charge on any atom is -0.476 e. The van der Waals surface area contributed by atoms with Crippen LogP contribution in [0.4, 0.5) is 0 Å². The third-order valence-electron chi connectivity index (χ3n) is 1.85. The normalized spacial score (nSPS) is 10.4. The number of nitrogens with zero attached hydrogens (tertiary/aromatic N) is 2. The lowest BCUT2D eigenvalue weighted by molar-refractivity contribution is 0.0690. The molecule has 1 N–H and O–H groups in total. The molecule has 0 bridgehead atoms. The minimum atomic E-state index is -1.00. The zero-order chi connectivity index (χ0) is 10.6. The molecule has 0 spiro atoms. The molecule has 0 saturated heterocycles. The van der Waals surface area contributed by atoms with Crippen molar-refractivity contribution >= 4 is 5.97 Å². The van der Waals surface area contributed by atoms with Crippen LogP contribution in [-0.4, -0.2) is 27.2 Å². The van der Waals surface area contributed by atoms with Gasteiger partial charge < -0.3 is 14.4 Å². The molecule has 0 radical (unpaired) electrons. The maximum atomic E-state index is 10.6. The number of rotatable bonds is 5. The summed E-state index contributed by atoms with van der Waals surface area (Å²) < 4.78 is 6.96. The molecule has 1 aromatic heterocycles. The van der Waals surface area contributed by atoms with Crippen LogP contribution in [0.25, 0.3) is 0 Å². The average molecular weight is 198 g/mol. The van der Waals surface area contributed by atoms with Crippen LogP contribution in [0.5, 0.6) is 0 Å². The van der Waals surface area contributed by atoms with Gasteiger partial charge in [-0.25, -0.2) is 9.78 Å². The van der Waals surface area contributed by atoms with Gasteiger partial charge in [0.05, 0.1) is 0 Å². The van der Waals surface area contributed by atoms with Crippen molar-refractivity contribution in [3.8, 4) is 0 Å². The van der Waals surface area contributed by atoms with Crippen molar-refractivity contribution in [2.45, 2.75) is 27.0 Å². The molecule has 0 unspecified atom stereocenters. The average Bonchev–Trinajstić information content (AvgIpc) is 2.57. The topological polar surface area (TPSA) is 64.3 Å². The van der Waals surface area contributed by atoms with Gasteiger partial charge in [-0.3, -0.25) is 0 Å². The third kappa shape index (κ3) is 2.32. The summed E-state index contributed by atoms with van der Waals surface area (Å²) in [5, 5.41) is 8.73. The number of aromatic carboxylic acids is 1. The summed E-state index contributed by atoms with van der Waals surface area (Å²) in [5.41, 5.74) is 0.0709. The van der Waals surface area contributed by atoms with E-state index in [0.29, 0.717) is 25.6 Å². The smallest absolute Gasteiger partial charge is 0.356 e. The predicted molar refractivity (Wildman–Crippen MR) is 50.2 cm³/mol. The third-order valence-corrected chi connectivity index (χ3v) is 1.85. The summed E-state index contributed by atoms with van der Waals surface area (Å²) in [6.07, 6.45) is 1.52. The van der Waals surface area contributed by atoms with Crippen LogP contribution in [-0.2, 0) is 17.9 Å². The van der Waals surface area contributed by atoms with Gasteiger partial charge in [0.1, 0.15) is 12.4 Å². The number of imidazole rings is 1. The Morgan fingerprint density at radius 3 is 2.86 bits per heavy atom. The monoisotopic (exact) mass is 198 g/mol. The highest BCUT2D eigenvalue weighted by atomic mass is 16.5. The van der Waals surface area contributed by atoms with Crippen LogP contribution < -0.4 is 0 Å². The Hall–Kier alpha value is -1.36. The molecule has 0 aliphatic heterocycles. The van der Waals surface area contributed by atoms with Crippen LogP contribution >= 0.6 is 0 Å². The predicted octanol–water partition coefficient (Wildman–Crippen LogP) is 1.14. The number of carboxylic acid groups (broad SMARTS) is 1. The highest BCUT2D eigenvalue weighted by Gasteiger charge is 2.11. The first-order chi connectivity index (χ1) is 6.69. The first kappa shape index (κ1) is 10.7. The van der Waals surface area contributed by atoms with E-state index < -0.39 is 5.97 Å². The fraction of sp³-hybridized carbons (Fsp3) is 0.556. The quantitative estimate of drug-likeness (QED) is 0.770. The highest BCUT2D eigenvalue weighted by Crippen LogP contribution is 2.05. The largest absolute Gasteiger partial charge is 0.476 e. The Morgan fingerprint density at radius 2 is 2.36 bits per heavy atom. The van der Waals surface area contributed by atoms with Crippen LogP contribution in [0.15, 0.2) is 6.20 Å². The van der Waals surface area contributed by atoms with E-state index in [-0.39, 0.29) is 5.69 Å². The van der Waals surface area contributed by atoms with Crippen molar-refractivity contribution in [1.29, 1.82) is 0 Å². The molecule has 0 saturated carbocycles. The second kappa shape index (κ2) is 4.76. The van der Waals surface area contributed by atoms with Crippen LogP contribution in [0.3, 0.4) is 0 Å². The van der Waals surface area contributed by atoms with Crippen molar-refractivity contribution in [3.63, 3.8) is 0 Å². The molecule has 0 aliphatic rings. The van der Waals surface area contributed by atoms with Gasteiger partial charge in [-0.15, -0.1) is 0 Å². The van der Waals surface area contributed by atoms with Gasteiger partial charge in [0.2, 0.25) is 0 Å². The maximum Gasteiger partial charge on any atom is 0.356 e. The second-order valence-electron chi connectivity index (χ2n) is 2.77. The molecule has 0 amide bonds. The number of aryl methyl sites for hydroxylation is 1. The maximum absolute atomic E-state index is 10.6. The SMILES string of the molecule is CCOCc1nc(C(=O)O)cn1CC. The Bertz CT molecular complexity index is 320. The molecule has 0 aromatic carbocycles. The highest BCUT2D eigenvalue weighted by molar-refractivity contribution is 5.85. The molecule has 1 rings (SSSR count). The Balaban J connectivity index is 2.85. The number of ether oxygens (including phenoxy) is 1. The van der Waals surface area contributed by atoms with E-state index in [1.165, 1.54) is 6.20 Å². The zero-order valence-corrected chi connectivity index (χ0v) is 8.36. The van der Waals surface area contributed by atoms with Crippen LogP contribution in [0.2, 0.25) is 0 Å². The first-order valence-electron chi connectivity index (χ1n) is 4.56. The molecule has 14 heavy (non-hydrogen) atoms. The first-order valence-corrected chi connectivity index (χ1v) is 4.56. The molecule has 1 heterocycles. The van der Waals surface area contributed by atoms with Crippen molar-refractivity contribution in [3.05, 3.63) is 17.7 Å². The van der Waals surface area contributed by atoms with E-state index in [2.05, 4.69) is 4.98 Å². The molecular formula is C9H14N2O3. The lowest BCUT2D eigenvalue weighted by Gasteiger charge is -2.03. The van der Waals surface area contributed by atoms with Crippen molar-refractivity contribution < 1.29 is 14.6 Å². The number of carboxylic acids is 1. The molecule has 0 fully saturated rings. The van der Waals surface area contributed by atoms with Crippen LogP contribution in [0.1, 0.15) is 30.2 Å². The summed E-state index contributed by atoms with van der Waals surface area (Å²) in [5.74, 6) is -0.346. The summed E-state index contributed by atoms with van der Waals surface area (Å²) in [6.45, 7) is 5.47. The Morgan fingerprint density at radius 1 is 1.64 bits per heavy atom. The van der Waals surface area contributed by atoms with Crippen molar-refractivity contribution in [2.24, 2.45) is 0 Å². The molecule has 5 heteroatoms. The van der Waals surface area contributed by atoms with Crippen molar-refractivity contribution in [1.82, 2.24) is 9.55 Å². The van der Waals surface area contributed by atoms with E-state index in [1.54, 1.807) is 4.57 Å². The zero-order valence-electron chi connectivity index (χ0n) is 8.36. The minimum absolute atomic E-state index is 0.0709. The summed E-state index contributed by atoms with van der Waals surface area (Å²) in [4.78, 5) is 14.6. The number of carbonyl (C=O) groups is 1. The number of hydrogen-bond donors (Lipinski definition) is 1. The van der Waals surface area contributed by atoms with E-state index in [1.807, 2.05) is 13.8 Å². The van der Waals surface area contributed by atoms with Gasteiger partial charge in [0, 0.05) is 19.3 Å². The molecule has 1 aromatic rings. The van der Waals surface area contributed by atoms with Gasteiger partial charge in [-0.05, 0) is 13.8 Å². The number of hydrogen-bond acceptors (Lipinski definition) is 3. The van der Waals surface area contributed by atoms with E-state index in [0.717, 1.165) is 0 Å². The van der Waals surface area contributed by atoms with Gasteiger partial charge in [-0.1, -0.05) is 0 Å². The fourth-order valence-electron chi connectivity index (χ4n) is 1.14. The summed E-state index contributed by atoms with van der Waals surface area (Å²) in [6, 6.07) is 0. The summed E-state index contributed by atoms with van der Waals surface area (Å²) >= 11 is 0. The Kier molecular flexibility index (Phi) is 3.64. The molecular weight excluding hydrogens is 184 g/mol. The van der Waals surface area contributed by atoms with E-state index in [9.17, 15) is 4.79 Å². The van der Waals surface area contributed by atoms with Gasteiger partial charge in [0.15, 0.2) is 5.69 Å². The van der Waals surface area contributed by atoms with E-state index >= 15 is 0 Å². The molecule has 0 aliphatic carbocycles. The van der Waals surface area contributed by atoms with Crippen molar-refractivity contribution in [2.75, 3.05) is 6.61 Å². The van der Waals surface area contributed by atoms with Crippen LogP contribution in [0, 0.1) is 0 Å². The van der Waals surface area contributed by atoms with Gasteiger partial charge >= 0.3 is 5.97 Å². The molecule has 5 nitrogen and oxygen atoms in total. The fourth-order valence-corrected chi connectivity index (χ4v) is 1.14. The van der Waals surface area contributed by atoms with Gasteiger partial charge in [-0.2, -0.15) is 0 Å². The second-order valence-corrected chi connectivity index (χ2v) is 2.77.